The molecule has 0 radical (unpaired) electrons. The lowest BCUT2D eigenvalue weighted by molar-refractivity contribution is 0.255. The molecule has 0 amide bonds. The third-order valence-corrected chi connectivity index (χ3v) is 5.96. The molecule has 2 aromatic rings. The summed E-state index contributed by atoms with van der Waals surface area (Å²) in [6, 6.07) is 3.63. The van der Waals surface area contributed by atoms with Gasteiger partial charge in [-0.1, -0.05) is 12.5 Å². The Morgan fingerprint density at radius 3 is 2.77 bits per heavy atom. The third-order valence-electron chi connectivity index (χ3n) is 4.18. The zero-order valence-corrected chi connectivity index (χ0v) is 13.6. The van der Waals surface area contributed by atoms with Crippen molar-refractivity contribution >= 4 is 10.0 Å². The van der Waals surface area contributed by atoms with Crippen LogP contribution >= 0.6 is 0 Å². The van der Waals surface area contributed by atoms with E-state index >= 15 is 0 Å². The predicted octanol–water partition coefficient (Wildman–Crippen LogP) is 2.04. The van der Waals surface area contributed by atoms with Gasteiger partial charge in [-0.2, -0.15) is 4.31 Å². The van der Waals surface area contributed by atoms with Gasteiger partial charge in [-0.25, -0.2) is 13.4 Å². The van der Waals surface area contributed by atoms with Gasteiger partial charge in [0.15, 0.2) is 5.03 Å². The summed E-state index contributed by atoms with van der Waals surface area (Å²) in [5, 5.41) is 0.128. The molecule has 1 aliphatic rings. The van der Waals surface area contributed by atoms with Gasteiger partial charge < -0.3 is 4.57 Å². The molecule has 0 N–H and O–H groups in total. The Labute approximate surface area is 130 Å². The first-order valence-electron chi connectivity index (χ1n) is 7.42. The maximum absolute atomic E-state index is 13.0. The van der Waals surface area contributed by atoms with Crippen molar-refractivity contribution in [2.75, 3.05) is 6.54 Å². The Bertz CT molecular complexity index is 736. The molecule has 22 heavy (non-hydrogen) atoms. The Morgan fingerprint density at radius 2 is 2.14 bits per heavy atom. The first-order chi connectivity index (χ1) is 10.5. The van der Waals surface area contributed by atoms with Gasteiger partial charge in [0.2, 0.25) is 0 Å². The quantitative estimate of drug-likeness (QED) is 0.868. The summed E-state index contributed by atoms with van der Waals surface area (Å²) in [6.45, 7) is 2.32. The van der Waals surface area contributed by atoms with E-state index in [4.69, 9.17) is 0 Å². The maximum atomic E-state index is 13.0. The van der Waals surface area contributed by atoms with Crippen molar-refractivity contribution in [3.63, 3.8) is 0 Å². The highest BCUT2D eigenvalue weighted by Gasteiger charge is 2.36. The highest BCUT2D eigenvalue weighted by Crippen LogP contribution is 2.34. The van der Waals surface area contributed by atoms with E-state index in [0.29, 0.717) is 12.4 Å². The molecule has 0 saturated carbocycles. The fourth-order valence-electron chi connectivity index (χ4n) is 2.87. The molecular weight excluding hydrogens is 300 g/mol. The van der Waals surface area contributed by atoms with Crippen LogP contribution in [0.5, 0.6) is 0 Å². The number of aryl methyl sites for hydroxylation is 2. The molecule has 1 atom stereocenters. The largest absolute Gasteiger partial charge is 0.337 e. The normalized spacial score (nSPS) is 20.2. The lowest BCUT2D eigenvalue weighted by atomic mass is 9.99. The summed E-state index contributed by atoms with van der Waals surface area (Å²) >= 11 is 0. The number of hydrogen-bond acceptors (Lipinski definition) is 4. The van der Waals surface area contributed by atoms with E-state index in [-0.39, 0.29) is 11.1 Å². The van der Waals surface area contributed by atoms with Gasteiger partial charge >= 0.3 is 0 Å². The maximum Gasteiger partial charge on any atom is 0.262 e. The summed E-state index contributed by atoms with van der Waals surface area (Å²) in [5.74, 6) is 0.688. The van der Waals surface area contributed by atoms with Crippen molar-refractivity contribution in [2.24, 2.45) is 7.05 Å². The van der Waals surface area contributed by atoms with Gasteiger partial charge in [0.25, 0.3) is 10.0 Å². The fourth-order valence-corrected chi connectivity index (χ4v) is 4.58. The van der Waals surface area contributed by atoms with Crippen LogP contribution < -0.4 is 0 Å². The first kappa shape index (κ1) is 15.2. The minimum absolute atomic E-state index is 0.128. The lowest BCUT2D eigenvalue weighted by Gasteiger charge is -2.34. The molecule has 1 unspecified atom stereocenters. The van der Waals surface area contributed by atoms with Gasteiger partial charge in [-0.3, -0.25) is 4.98 Å². The van der Waals surface area contributed by atoms with Crippen molar-refractivity contribution in [2.45, 2.75) is 37.3 Å². The van der Waals surface area contributed by atoms with Crippen LogP contribution in [0.15, 0.2) is 35.7 Å². The van der Waals surface area contributed by atoms with E-state index in [1.54, 1.807) is 41.4 Å². The predicted molar refractivity (Wildman–Crippen MR) is 82.7 cm³/mol. The zero-order chi connectivity index (χ0) is 15.7. The highest BCUT2D eigenvalue weighted by molar-refractivity contribution is 7.89. The Hall–Kier alpha value is -1.73. The Morgan fingerprint density at radius 1 is 1.32 bits per heavy atom. The van der Waals surface area contributed by atoms with Gasteiger partial charge in [0, 0.05) is 32.2 Å². The Balaban J connectivity index is 2.00. The van der Waals surface area contributed by atoms with Crippen molar-refractivity contribution < 1.29 is 8.42 Å². The molecule has 2 aromatic heterocycles. The van der Waals surface area contributed by atoms with Gasteiger partial charge in [0.05, 0.1) is 6.04 Å². The molecule has 3 heterocycles. The molecule has 1 fully saturated rings. The average Bonchev–Trinajstić information content (AvgIpc) is 2.88. The average molecular weight is 320 g/mol. The second-order valence-electron chi connectivity index (χ2n) is 5.65. The number of piperidine rings is 1. The van der Waals surface area contributed by atoms with Crippen molar-refractivity contribution in [3.05, 3.63) is 42.1 Å². The van der Waals surface area contributed by atoms with Gasteiger partial charge in [0.1, 0.15) is 5.82 Å². The standard InChI is InChI=1S/C15H20N4O2S/c1-12-17-15(11-18(12)2)22(20,21)19-9-4-3-7-14(19)13-6-5-8-16-10-13/h5-6,8,10-11,14H,3-4,7,9H2,1-2H3. The van der Waals surface area contributed by atoms with E-state index in [0.717, 1.165) is 24.8 Å². The summed E-state index contributed by atoms with van der Waals surface area (Å²) < 4.78 is 29.2. The monoisotopic (exact) mass is 320 g/mol. The van der Waals surface area contributed by atoms with E-state index in [1.165, 1.54) is 0 Å². The van der Waals surface area contributed by atoms with E-state index in [2.05, 4.69) is 9.97 Å². The summed E-state index contributed by atoms with van der Waals surface area (Å²) in [4.78, 5) is 8.33. The van der Waals surface area contributed by atoms with Crippen LogP contribution in [0.25, 0.3) is 0 Å². The van der Waals surface area contributed by atoms with Crippen LogP contribution in [0.4, 0.5) is 0 Å². The van der Waals surface area contributed by atoms with E-state index in [1.807, 2.05) is 12.1 Å². The number of nitrogens with zero attached hydrogens (tertiary/aromatic N) is 4. The molecule has 0 aliphatic carbocycles. The summed E-state index contributed by atoms with van der Waals surface area (Å²) in [5.41, 5.74) is 0.943. The van der Waals surface area contributed by atoms with Crippen LogP contribution in [0.2, 0.25) is 0 Å². The molecular formula is C15H20N4O2S. The number of hydrogen-bond donors (Lipinski definition) is 0. The number of sulfonamides is 1. The molecule has 0 aromatic carbocycles. The van der Waals surface area contributed by atoms with Crippen LogP contribution in [0.3, 0.4) is 0 Å². The molecule has 6 nitrogen and oxygen atoms in total. The van der Waals surface area contributed by atoms with Gasteiger partial charge in [-0.05, 0) is 31.4 Å². The molecule has 0 bridgehead atoms. The van der Waals surface area contributed by atoms with Gasteiger partial charge in [-0.15, -0.1) is 0 Å². The minimum Gasteiger partial charge on any atom is -0.337 e. The topological polar surface area (TPSA) is 68.1 Å². The summed E-state index contributed by atoms with van der Waals surface area (Å²) in [6.07, 6.45) is 7.75. The molecule has 3 rings (SSSR count). The summed E-state index contributed by atoms with van der Waals surface area (Å²) in [7, 11) is -1.79. The van der Waals surface area contributed by atoms with Crippen LogP contribution in [0, 0.1) is 6.92 Å². The third kappa shape index (κ3) is 2.66. The smallest absolute Gasteiger partial charge is 0.262 e. The number of imidazole rings is 1. The molecule has 118 valence electrons. The molecule has 7 heteroatoms. The van der Waals surface area contributed by atoms with Crippen LogP contribution in [-0.4, -0.2) is 33.8 Å². The second-order valence-corrected chi connectivity index (χ2v) is 7.49. The van der Waals surface area contributed by atoms with Crippen molar-refractivity contribution in [1.82, 2.24) is 18.8 Å². The minimum atomic E-state index is -3.59. The second kappa shape index (κ2) is 5.81. The highest BCUT2D eigenvalue weighted by atomic mass is 32.2. The van der Waals surface area contributed by atoms with Crippen LogP contribution in [0.1, 0.15) is 36.7 Å². The molecule has 1 saturated heterocycles. The van der Waals surface area contributed by atoms with E-state index in [9.17, 15) is 8.42 Å². The molecule has 0 spiro atoms. The fraction of sp³-hybridized carbons (Fsp3) is 0.467. The first-order valence-corrected chi connectivity index (χ1v) is 8.86. The Kier molecular flexibility index (Phi) is 4.01. The number of aromatic nitrogens is 3. The lowest BCUT2D eigenvalue weighted by Crippen LogP contribution is -2.38. The zero-order valence-electron chi connectivity index (χ0n) is 12.8. The number of rotatable bonds is 3. The van der Waals surface area contributed by atoms with Crippen molar-refractivity contribution in [1.29, 1.82) is 0 Å². The van der Waals surface area contributed by atoms with Crippen LogP contribution in [-0.2, 0) is 17.1 Å². The van der Waals surface area contributed by atoms with Crippen molar-refractivity contribution in [3.8, 4) is 0 Å². The SMILES string of the molecule is Cc1nc(S(=O)(=O)N2CCCCC2c2cccnc2)cn1C. The molecule has 1 aliphatic heterocycles. The number of pyridine rings is 1. The van der Waals surface area contributed by atoms with E-state index < -0.39 is 10.0 Å².